The third-order valence-corrected chi connectivity index (χ3v) is 2.85. The molecule has 18 heavy (non-hydrogen) atoms. The van der Waals surface area contributed by atoms with Crippen molar-refractivity contribution in [3.05, 3.63) is 29.6 Å². The van der Waals surface area contributed by atoms with Gasteiger partial charge in [-0.25, -0.2) is 9.18 Å². The summed E-state index contributed by atoms with van der Waals surface area (Å²) in [5.41, 5.74) is 0.0265. The topological polar surface area (TPSA) is 81.4 Å². The van der Waals surface area contributed by atoms with Gasteiger partial charge in [0, 0.05) is 12.1 Å². The summed E-state index contributed by atoms with van der Waals surface area (Å²) < 4.78 is 13.5. The molecule has 6 heteroatoms. The van der Waals surface area contributed by atoms with E-state index in [0.717, 1.165) is 11.0 Å². The van der Waals surface area contributed by atoms with Crippen molar-refractivity contribution in [2.24, 2.45) is 0 Å². The lowest BCUT2D eigenvalue weighted by Crippen LogP contribution is -2.38. The van der Waals surface area contributed by atoms with Crippen molar-refractivity contribution < 1.29 is 19.1 Å². The van der Waals surface area contributed by atoms with Crippen molar-refractivity contribution >= 4 is 17.6 Å². The largest absolute Gasteiger partial charge is 0.480 e. The van der Waals surface area contributed by atoms with E-state index < -0.39 is 17.8 Å². The average Bonchev–Trinajstić information content (AvgIpc) is 2.71. The maximum absolute atomic E-state index is 13.5. The molecular formula is C12H9FN2O3. The number of nitriles is 1. The van der Waals surface area contributed by atoms with E-state index in [1.165, 1.54) is 12.1 Å². The summed E-state index contributed by atoms with van der Waals surface area (Å²) in [5.74, 6) is -2.24. The molecule has 1 saturated heterocycles. The molecule has 2 rings (SSSR count). The van der Waals surface area contributed by atoms with Gasteiger partial charge in [-0.15, -0.1) is 0 Å². The maximum Gasteiger partial charge on any atom is 0.326 e. The van der Waals surface area contributed by atoms with Crippen LogP contribution >= 0.6 is 0 Å². The molecule has 92 valence electrons. The van der Waals surface area contributed by atoms with E-state index >= 15 is 0 Å². The highest BCUT2D eigenvalue weighted by atomic mass is 19.1. The molecule has 1 N–H and O–H groups in total. The standard InChI is InChI=1S/C12H9FN2O3/c13-9-5-8(2-1-7(9)6-14)15-10(12(17)18)3-4-11(15)16/h1-2,5,10H,3-4H2,(H,17,18)/t10-/m0/s1. The van der Waals surface area contributed by atoms with Gasteiger partial charge in [0.05, 0.1) is 5.56 Å². The number of carbonyl (C=O) groups excluding carboxylic acids is 1. The Morgan fingerprint density at radius 2 is 2.28 bits per heavy atom. The number of carbonyl (C=O) groups is 2. The lowest BCUT2D eigenvalue weighted by molar-refractivity contribution is -0.138. The summed E-state index contributed by atoms with van der Waals surface area (Å²) >= 11 is 0. The van der Waals surface area contributed by atoms with Crippen LogP contribution in [0.4, 0.5) is 10.1 Å². The van der Waals surface area contributed by atoms with E-state index in [4.69, 9.17) is 10.4 Å². The minimum absolute atomic E-state index is 0.124. The van der Waals surface area contributed by atoms with Crippen LogP contribution in [-0.2, 0) is 9.59 Å². The molecule has 1 heterocycles. The molecule has 1 amide bonds. The third kappa shape index (κ3) is 1.91. The number of hydrogen-bond acceptors (Lipinski definition) is 3. The summed E-state index contributed by atoms with van der Waals surface area (Å²) in [6.45, 7) is 0. The molecule has 1 aromatic rings. The van der Waals surface area contributed by atoms with Crippen molar-refractivity contribution in [3.8, 4) is 6.07 Å². The molecule has 0 unspecified atom stereocenters. The van der Waals surface area contributed by atoms with Crippen LogP contribution < -0.4 is 4.90 Å². The van der Waals surface area contributed by atoms with Crippen molar-refractivity contribution in [1.29, 1.82) is 5.26 Å². The minimum Gasteiger partial charge on any atom is -0.480 e. The van der Waals surface area contributed by atoms with Crippen LogP contribution in [-0.4, -0.2) is 23.0 Å². The molecule has 0 aliphatic carbocycles. The molecule has 1 atom stereocenters. The highest BCUT2D eigenvalue weighted by Crippen LogP contribution is 2.28. The van der Waals surface area contributed by atoms with E-state index in [1.54, 1.807) is 6.07 Å². The number of carboxylic acid groups (broad SMARTS) is 1. The number of nitrogens with zero attached hydrogens (tertiary/aromatic N) is 2. The Hall–Kier alpha value is -2.42. The molecule has 1 aromatic carbocycles. The first kappa shape index (κ1) is 12.0. The quantitative estimate of drug-likeness (QED) is 0.854. The number of halogens is 1. The van der Waals surface area contributed by atoms with Gasteiger partial charge in [-0.05, 0) is 24.6 Å². The van der Waals surface area contributed by atoms with E-state index in [-0.39, 0.29) is 30.0 Å². The van der Waals surface area contributed by atoms with E-state index in [2.05, 4.69) is 0 Å². The van der Waals surface area contributed by atoms with E-state index in [1.807, 2.05) is 0 Å². The van der Waals surface area contributed by atoms with Crippen LogP contribution in [0.1, 0.15) is 18.4 Å². The number of anilines is 1. The van der Waals surface area contributed by atoms with Crippen molar-refractivity contribution in [1.82, 2.24) is 0 Å². The fourth-order valence-electron chi connectivity index (χ4n) is 1.99. The zero-order chi connectivity index (χ0) is 13.3. The van der Waals surface area contributed by atoms with Crippen LogP contribution in [0.25, 0.3) is 0 Å². The molecule has 0 aromatic heterocycles. The number of hydrogen-bond donors (Lipinski definition) is 1. The van der Waals surface area contributed by atoms with E-state index in [9.17, 15) is 14.0 Å². The minimum atomic E-state index is -1.12. The van der Waals surface area contributed by atoms with Crippen molar-refractivity contribution in [3.63, 3.8) is 0 Å². The lowest BCUT2D eigenvalue weighted by atomic mass is 10.1. The van der Waals surface area contributed by atoms with Gasteiger partial charge in [-0.1, -0.05) is 0 Å². The number of benzene rings is 1. The maximum atomic E-state index is 13.5. The summed E-state index contributed by atoms with van der Waals surface area (Å²) in [4.78, 5) is 23.7. The second-order valence-electron chi connectivity index (χ2n) is 3.93. The Kier molecular flexibility index (Phi) is 2.98. The van der Waals surface area contributed by atoms with E-state index in [0.29, 0.717) is 0 Å². The second kappa shape index (κ2) is 4.45. The number of carboxylic acids is 1. The SMILES string of the molecule is N#Cc1ccc(N2C(=O)CC[C@H]2C(=O)O)cc1F. The average molecular weight is 248 g/mol. The first-order valence-corrected chi connectivity index (χ1v) is 5.29. The first-order valence-electron chi connectivity index (χ1n) is 5.29. The molecule has 1 aliphatic rings. The molecule has 0 spiro atoms. The van der Waals surface area contributed by atoms with Crippen molar-refractivity contribution in [2.45, 2.75) is 18.9 Å². The Bertz CT molecular complexity index is 565. The van der Waals surface area contributed by atoms with Crippen LogP contribution in [0, 0.1) is 17.1 Å². The molecular weight excluding hydrogens is 239 g/mol. The lowest BCUT2D eigenvalue weighted by Gasteiger charge is -2.21. The normalized spacial score (nSPS) is 18.8. The number of rotatable bonds is 2. The highest BCUT2D eigenvalue weighted by molar-refractivity contribution is 6.02. The van der Waals surface area contributed by atoms with Crippen LogP contribution in [0.2, 0.25) is 0 Å². The fraction of sp³-hybridized carbons (Fsp3) is 0.250. The van der Waals surface area contributed by atoms with Gasteiger partial charge in [0.15, 0.2) is 0 Å². The zero-order valence-corrected chi connectivity index (χ0v) is 9.26. The summed E-state index contributed by atoms with van der Waals surface area (Å²) in [7, 11) is 0. The Morgan fingerprint density at radius 1 is 1.56 bits per heavy atom. The van der Waals surface area contributed by atoms with Gasteiger partial charge in [-0.3, -0.25) is 9.69 Å². The molecule has 0 radical (unpaired) electrons. The van der Waals surface area contributed by atoms with Gasteiger partial charge in [0.1, 0.15) is 17.9 Å². The summed E-state index contributed by atoms with van der Waals surface area (Å²) in [6, 6.07) is 4.31. The number of aliphatic carboxylic acids is 1. The Labute approximate surface area is 102 Å². The van der Waals surface area contributed by atoms with Gasteiger partial charge in [0.25, 0.3) is 0 Å². The van der Waals surface area contributed by atoms with Gasteiger partial charge in [-0.2, -0.15) is 5.26 Å². The monoisotopic (exact) mass is 248 g/mol. The zero-order valence-electron chi connectivity index (χ0n) is 9.26. The van der Waals surface area contributed by atoms with Crippen LogP contribution in [0.15, 0.2) is 18.2 Å². The number of amides is 1. The molecule has 0 saturated carbocycles. The van der Waals surface area contributed by atoms with Gasteiger partial charge >= 0.3 is 5.97 Å². The fourth-order valence-corrected chi connectivity index (χ4v) is 1.99. The van der Waals surface area contributed by atoms with Gasteiger partial charge in [0.2, 0.25) is 5.91 Å². The predicted octanol–water partition coefficient (Wildman–Crippen LogP) is 1.28. The highest BCUT2D eigenvalue weighted by Gasteiger charge is 2.37. The van der Waals surface area contributed by atoms with Crippen LogP contribution in [0.3, 0.4) is 0 Å². The summed E-state index contributed by atoms with van der Waals surface area (Å²) in [6.07, 6.45) is 0.328. The first-order chi connectivity index (χ1) is 8.54. The smallest absolute Gasteiger partial charge is 0.326 e. The van der Waals surface area contributed by atoms with Crippen molar-refractivity contribution in [2.75, 3.05) is 4.90 Å². The Balaban J connectivity index is 2.41. The Morgan fingerprint density at radius 3 is 2.83 bits per heavy atom. The van der Waals surface area contributed by atoms with Gasteiger partial charge < -0.3 is 5.11 Å². The molecule has 1 fully saturated rings. The van der Waals surface area contributed by atoms with Crippen LogP contribution in [0.5, 0.6) is 0 Å². The molecule has 5 nitrogen and oxygen atoms in total. The molecule has 0 bridgehead atoms. The predicted molar refractivity (Wildman–Crippen MR) is 59.3 cm³/mol. The second-order valence-corrected chi connectivity index (χ2v) is 3.93. The summed E-state index contributed by atoms with van der Waals surface area (Å²) in [5, 5.41) is 17.6. The molecule has 1 aliphatic heterocycles. The third-order valence-electron chi connectivity index (χ3n) is 2.85.